The van der Waals surface area contributed by atoms with Crippen LogP contribution in [0.25, 0.3) is 10.6 Å². The molecule has 0 bridgehead atoms. The number of ketones is 2. The van der Waals surface area contributed by atoms with Crippen LogP contribution in [0.1, 0.15) is 57.2 Å². The first-order valence-corrected chi connectivity index (χ1v) is 10.9. The zero-order chi connectivity index (χ0) is 20.3. The summed E-state index contributed by atoms with van der Waals surface area (Å²) in [5.41, 5.74) is 2.43. The van der Waals surface area contributed by atoms with Gasteiger partial charge in [-0.15, -0.1) is 11.3 Å². The van der Waals surface area contributed by atoms with Gasteiger partial charge < -0.3 is 4.74 Å². The smallest absolute Gasteiger partial charge is 0.139 e. The summed E-state index contributed by atoms with van der Waals surface area (Å²) in [5.74, 6) is 0.479. The number of nitrogens with zero attached hydrogens (tertiary/aromatic N) is 1. The van der Waals surface area contributed by atoms with Crippen molar-refractivity contribution >= 4 is 34.5 Å². The van der Waals surface area contributed by atoms with Crippen molar-refractivity contribution in [1.29, 1.82) is 0 Å². The molecule has 4 nitrogen and oxygen atoms in total. The maximum Gasteiger partial charge on any atom is 0.139 e. The Kier molecular flexibility index (Phi) is 6.69. The molecule has 1 saturated heterocycles. The Balaban J connectivity index is 1.78. The summed E-state index contributed by atoms with van der Waals surface area (Å²) < 4.78 is 5.49. The highest BCUT2D eigenvalue weighted by Crippen LogP contribution is 2.37. The molecular formula is C22H26ClNO3S. The Bertz CT molecular complexity index is 868. The molecule has 0 atom stereocenters. The number of hydrogen-bond acceptors (Lipinski definition) is 5. The van der Waals surface area contributed by atoms with E-state index in [0.29, 0.717) is 5.92 Å². The largest absolute Gasteiger partial charge is 0.381 e. The number of carbonyl (C=O) groups is 2. The summed E-state index contributed by atoms with van der Waals surface area (Å²) in [6, 6.07) is 5.95. The molecule has 1 aliphatic heterocycles. The van der Waals surface area contributed by atoms with Crippen LogP contribution in [0, 0.1) is 5.41 Å². The molecule has 1 fully saturated rings. The number of hydrogen-bond donors (Lipinski definition) is 0. The second-order valence-electron chi connectivity index (χ2n) is 8.09. The Morgan fingerprint density at radius 3 is 2.68 bits per heavy atom. The number of rotatable bonds is 7. The summed E-state index contributed by atoms with van der Waals surface area (Å²) in [6.45, 7) is 6.69. The van der Waals surface area contributed by atoms with E-state index in [1.807, 2.05) is 37.4 Å². The third-order valence-electron chi connectivity index (χ3n) is 5.43. The molecule has 1 aromatic heterocycles. The van der Waals surface area contributed by atoms with E-state index in [1.54, 1.807) is 11.3 Å². The highest BCUT2D eigenvalue weighted by atomic mass is 35.5. The maximum atomic E-state index is 12.4. The number of benzene rings is 1. The molecule has 28 heavy (non-hydrogen) atoms. The van der Waals surface area contributed by atoms with Gasteiger partial charge in [-0.2, -0.15) is 0 Å². The van der Waals surface area contributed by atoms with Crippen LogP contribution >= 0.6 is 22.9 Å². The number of aromatic nitrogens is 1. The quantitative estimate of drug-likeness (QED) is 0.596. The fraction of sp³-hybridized carbons (Fsp3) is 0.500. The van der Waals surface area contributed by atoms with E-state index >= 15 is 0 Å². The fourth-order valence-corrected chi connectivity index (χ4v) is 4.52. The van der Waals surface area contributed by atoms with Gasteiger partial charge in [-0.05, 0) is 43.4 Å². The van der Waals surface area contributed by atoms with Crippen molar-refractivity contribution in [3.8, 4) is 10.6 Å². The lowest BCUT2D eigenvalue weighted by molar-refractivity contribution is -0.130. The minimum absolute atomic E-state index is 0.0297. The number of halogens is 1. The van der Waals surface area contributed by atoms with Crippen LogP contribution in [0.15, 0.2) is 23.6 Å². The van der Waals surface area contributed by atoms with E-state index in [9.17, 15) is 9.59 Å². The first kappa shape index (κ1) is 21.2. The molecule has 2 heterocycles. The number of carbonyl (C=O) groups excluding carboxylic acids is 2. The topological polar surface area (TPSA) is 56.3 Å². The van der Waals surface area contributed by atoms with Gasteiger partial charge in [0.15, 0.2) is 0 Å². The van der Waals surface area contributed by atoms with E-state index in [4.69, 9.17) is 21.3 Å². The average Bonchev–Trinajstić information content (AvgIpc) is 3.09. The second kappa shape index (κ2) is 8.85. The van der Waals surface area contributed by atoms with Gasteiger partial charge in [0.05, 0.1) is 5.69 Å². The Morgan fingerprint density at radius 1 is 1.29 bits per heavy atom. The molecule has 0 aliphatic carbocycles. The van der Waals surface area contributed by atoms with Crippen LogP contribution in [0.4, 0.5) is 0 Å². The Morgan fingerprint density at radius 2 is 2.00 bits per heavy atom. The van der Waals surface area contributed by atoms with Gasteiger partial charge in [0.25, 0.3) is 0 Å². The van der Waals surface area contributed by atoms with Crippen molar-refractivity contribution in [2.45, 2.75) is 52.4 Å². The highest BCUT2D eigenvalue weighted by molar-refractivity contribution is 7.13. The second-order valence-corrected chi connectivity index (χ2v) is 9.39. The van der Waals surface area contributed by atoms with Gasteiger partial charge in [0.2, 0.25) is 0 Å². The summed E-state index contributed by atoms with van der Waals surface area (Å²) in [6.07, 6.45) is 2.45. The summed E-state index contributed by atoms with van der Waals surface area (Å²) >= 11 is 7.81. The van der Waals surface area contributed by atoms with Crippen LogP contribution in [0.2, 0.25) is 5.02 Å². The standard InChI is InChI=1S/C22H26ClNO3S/c1-14(25)22(2,3)12-18(26)11-17-13-28-21(24-17)19-5-4-16(23)10-20(19)15-6-8-27-9-7-15/h4-5,10,13,15H,6-9,11-12H2,1-3H3. The van der Waals surface area contributed by atoms with Crippen LogP contribution in [-0.4, -0.2) is 29.8 Å². The molecule has 0 amide bonds. The maximum absolute atomic E-state index is 12.4. The molecule has 3 rings (SSSR count). The molecule has 0 N–H and O–H groups in total. The van der Waals surface area contributed by atoms with E-state index < -0.39 is 5.41 Å². The molecule has 150 valence electrons. The lowest BCUT2D eigenvalue weighted by atomic mass is 9.83. The van der Waals surface area contributed by atoms with Gasteiger partial charge in [0.1, 0.15) is 16.6 Å². The molecule has 0 saturated carbocycles. The van der Waals surface area contributed by atoms with Gasteiger partial charge in [0, 0.05) is 47.4 Å². The van der Waals surface area contributed by atoms with Crippen LogP contribution < -0.4 is 0 Å². The SMILES string of the molecule is CC(=O)C(C)(C)CC(=O)Cc1csc(-c2ccc(Cl)cc2C2CCOCC2)n1. The number of thiazole rings is 1. The zero-order valence-corrected chi connectivity index (χ0v) is 18.2. The summed E-state index contributed by atoms with van der Waals surface area (Å²) in [5, 5.41) is 3.58. The van der Waals surface area contributed by atoms with E-state index in [1.165, 1.54) is 12.5 Å². The first-order chi connectivity index (χ1) is 13.3. The van der Waals surface area contributed by atoms with E-state index in [0.717, 1.165) is 47.3 Å². The predicted octanol–water partition coefficient (Wildman–Crippen LogP) is 5.47. The summed E-state index contributed by atoms with van der Waals surface area (Å²) in [4.78, 5) is 28.8. The van der Waals surface area contributed by atoms with Crippen LogP contribution in [-0.2, 0) is 20.7 Å². The monoisotopic (exact) mass is 419 g/mol. The first-order valence-electron chi connectivity index (χ1n) is 9.61. The Labute approximate surface area is 175 Å². The van der Waals surface area contributed by atoms with Crippen LogP contribution in [0.3, 0.4) is 0 Å². The fourth-order valence-electron chi connectivity index (χ4n) is 3.47. The minimum atomic E-state index is -0.623. The molecule has 1 aromatic carbocycles. The van der Waals surface area contributed by atoms with E-state index in [2.05, 4.69) is 0 Å². The highest BCUT2D eigenvalue weighted by Gasteiger charge is 2.27. The molecule has 0 radical (unpaired) electrons. The normalized spacial score (nSPS) is 15.6. The van der Waals surface area contributed by atoms with Crippen molar-refractivity contribution in [1.82, 2.24) is 4.98 Å². The van der Waals surface area contributed by atoms with Gasteiger partial charge in [-0.25, -0.2) is 4.98 Å². The van der Waals surface area contributed by atoms with Gasteiger partial charge in [-0.3, -0.25) is 9.59 Å². The molecule has 6 heteroatoms. The average molecular weight is 420 g/mol. The third-order valence-corrected chi connectivity index (χ3v) is 6.59. The van der Waals surface area contributed by atoms with Crippen molar-refractivity contribution in [3.63, 3.8) is 0 Å². The van der Waals surface area contributed by atoms with Crippen molar-refractivity contribution in [2.75, 3.05) is 13.2 Å². The molecule has 2 aromatic rings. The molecular weight excluding hydrogens is 394 g/mol. The lowest BCUT2D eigenvalue weighted by Gasteiger charge is -2.24. The zero-order valence-electron chi connectivity index (χ0n) is 16.6. The number of ether oxygens (including phenoxy) is 1. The van der Waals surface area contributed by atoms with Gasteiger partial charge in [-0.1, -0.05) is 31.5 Å². The van der Waals surface area contributed by atoms with Crippen molar-refractivity contribution in [3.05, 3.63) is 39.9 Å². The molecule has 0 unspecified atom stereocenters. The van der Waals surface area contributed by atoms with E-state index in [-0.39, 0.29) is 24.4 Å². The molecule has 1 aliphatic rings. The predicted molar refractivity (Wildman–Crippen MR) is 113 cm³/mol. The van der Waals surface area contributed by atoms with Gasteiger partial charge >= 0.3 is 0 Å². The summed E-state index contributed by atoms with van der Waals surface area (Å²) in [7, 11) is 0. The van der Waals surface area contributed by atoms with Crippen molar-refractivity contribution in [2.24, 2.45) is 5.41 Å². The minimum Gasteiger partial charge on any atom is -0.381 e. The lowest BCUT2D eigenvalue weighted by Crippen LogP contribution is -2.25. The molecule has 0 spiro atoms. The Hall–Kier alpha value is -1.56. The van der Waals surface area contributed by atoms with Crippen molar-refractivity contribution < 1.29 is 14.3 Å². The van der Waals surface area contributed by atoms with Crippen LogP contribution in [0.5, 0.6) is 0 Å². The number of Topliss-reactive ketones (excluding diaryl/α,β-unsaturated/α-hetero) is 2. The third kappa shape index (κ3) is 5.07.